The van der Waals surface area contributed by atoms with Gasteiger partial charge in [0, 0.05) is 17.0 Å². The highest BCUT2D eigenvalue weighted by atomic mass is 32.1. The van der Waals surface area contributed by atoms with Crippen molar-refractivity contribution in [3.05, 3.63) is 46.2 Å². The van der Waals surface area contributed by atoms with E-state index in [1.807, 2.05) is 20.2 Å². The van der Waals surface area contributed by atoms with Crippen LogP contribution >= 0.6 is 11.3 Å². The number of hydrogen-bond donors (Lipinski definition) is 1. The van der Waals surface area contributed by atoms with Crippen LogP contribution in [-0.4, -0.2) is 45.2 Å². The fourth-order valence-electron chi connectivity index (χ4n) is 2.49. The van der Waals surface area contributed by atoms with Gasteiger partial charge in [-0.1, -0.05) is 19.9 Å². The molecule has 2 rings (SSSR count). The maximum absolute atomic E-state index is 12.6. The van der Waals surface area contributed by atoms with Gasteiger partial charge in [-0.05, 0) is 49.7 Å². The van der Waals surface area contributed by atoms with Crippen LogP contribution < -0.4 is 14.8 Å². The molecule has 142 valence electrons. The van der Waals surface area contributed by atoms with Gasteiger partial charge < -0.3 is 19.7 Å². The van der Waals surface area contributed by atoms with E-state index in [1.54, 1.807) is 36.6 Å². The van der Waals surface area contributed by atoms with Crippen molar-refractivity contribution in [3.8, 4) is 11.5 Å². The molecule has 1 N–H and O–H groups in total. The quantitative estimate of drug-likeness (QED) is 0.723. The second kappa shape index (κ2) is 9.59. The number of rotatable bonds is 9. The Hall–Kier alpha value is -2.05. The maximum Gasteiger partial charge on any atom is 0.251 e. The maximum atomic E-state index is 12.6. The highest BCUT2D eigenvalue weighted by Crippen LogP contribution is 2.28. The molecule has 6 heteroatoms. The highest BCUT2D eigenvalue weighted by molar-refractivity contribution is 7.10. The molecule has 1 amide bonds. The number of thiophene rings is 1. The molecule has 0 fully saturated rings. The van der Waals surface area contributed by atoms with Gasteiger partial charge in [-0.3, -0.25) is 4.79 Å². The highest BCUT2D eigenvalue weighted by Gasteiger charge is 2.17. The van der Waals surface area contributed by atoms with Crippen LogP contribution in [0.1, 0.15) is 35.1 Å². The summed E-state index contributed by atoms with van der Waals surface area (Å²) < 4.78 is 11.1. The first-order valence-corrected chi connectivity index (χ1v) is 9.59. The van der Waals surface area contributed by atoms with Crippen LogP contribution in [0.3, 0.4) is 0 Å². The Labute approximate surface area is 159 Å². The van der Waals surface area contributed by atoms with Gasteiger partial charge in [-0.25, -0.2) is 0 Å². The first-order valence-electron chi connectivity index (χ1n) is 8.71. The van der Waals surface area contributed by atoms with Crippen LogP contribution in [0.4, 0.5) is 0 Å². The van der Waals surface area contributed by atoms with Crippen LogP contribution in [0.2, 0.25) is 0 Å². The molecule has 2 aromatic rings. The molecule has 1 atom stereocenters. The van der Waals surface area contributed by atoms with Gasteiger partial charge in [0.05, 0.1) is 19.8 Å². The molecule has 1 aromatic heterocycles. The summed E-state index contributed by atoms with van der Waals surface area (Å²) in [6.07, 6.45) is 0. The zero-order valence-corrected chi connectivity index (χ0v) is 16.9. The molecule has 5 nitrogen and oxygen atoms in total. The van der Waals surface area contributed by atoms with E-state index >= 15 is 0 Å². The molecular weight excluding hydrogens is 348 g/mol. The number of carbonyl (C=O) groups is 1. The number of nitrogens with one attached hydrogen (secondary N) is 1. The molecule has 0 aliphatic rings. The van der Waals surface area contributed by atoms with Crippen LogP contribution in [0.25, 0.3) is 0 Å². The lowest BCUT2D eigenvalue weighted by Gasteiger charge is -2.23. The summed E-state index contributed by atoms with van der Waals surface area (Å²) in [7, 11) is 5.61. The summed E-state index contributed by atoms with van der Waals surface area (Å²) in [5.41, 5.74) is 0.558. The second-order valence-electron chi connectivity index (χ2n) is 6.78. The summed E-state index contributed by atoms with van der Waals surface area (Å²) in [5, 5.41) is 5.07. The number of ether oxygens (including phenoxy) is 2. The molecule has 26 heavy (non-hydrogen) atoms. The van der Waals surface area contributed by atoms with Crippen LogP contribution in [0.15, 0.2) is 35.7 Å². The Morgan fingerprint density at radius 3 is 2.58 bits per heavy atom. The minimum Gasteiger partial charge on any atom is -0.493 e. The van der Waals surface area contributed by atoms with Crippen molar-refractivity contribution >= 4 is 17.2 Å². The van der Waals surface area contributed by atoms with Crippen molar-refractivity contribution in [2.45, 2.75) is 19.9 Å². The molecule has 1 aromatic carbocycles. The van der Waals surface area contributed by atoms with E-state index in [1.165, 1.54) is 4.88 Å². The monoisotopic (exact) mass is 376 g/mol. The topological polar surface area (TPSA) is 50.8 Å². The number of benzene rings is 1. The van der Waals surface area contributed by atoms with Gasteiger partial charge in [-0.2, -0.15) is 0 Å². The third-order valence-electron chi connectivity index (χ3n) is 3.95. The Morgan fingerprint density at radius 2 is 2.00 bits per heavy atom. The van der Waals surface area contributed by atoms with E-state index in [-0.39, 0.29) is 11.9 Å². The predicted octanol–water partition coefficient (Wildman–Crippen LogP) is 3.82. The number of carbonyl (C=O) groups excluding carboxylic acids is 1. The van der Waals surface area contributed by atoms with Crippen molar-refractivity contribution in [2.75, 3.05) is 34.4 Å². The molecule has 0 aliphatic carbocycles. The first-order chi connectivity index (χ1) is 12.4. The van der Waals surface area contributed by atoms with Crippen LogP contribution in [-0.2, 0) is 0 Å². The molecule has 1 heterocycles. The predicted molar refractivity (Wildman–Crippen MR) is 106 cm³/mol. The Balaban J connectivity index is 2.04. The van der Waals surface area contributed by atoms with Crippen LogP contribution in [0, 0.1) is 5.92 Å². The Bertz CT molecular complexity index is 699. The van der Waals surface area contributed by atoms with Crippen molar-refractivity contribution in [1.29, 1.82) is 0 Å². The van der Waals surface area contributed by atoms with E-state index < -0.39 is 0 Å². The minimum absolute atomic E-state index is 0.123. The molecule has 0 bridgehead atoms. The number of nitrogens with zero attached hydrogens (tertiary/aromatic N) is 1. The van der Waals surface area contributed by atoms with Gasteiger partial charge in [0.25, 0.3) is 5.91 Å². The molecule has 0 spiro atoms. The van der Waals surface area contributed by atoms with Crippen LogP contribution in [0.5, 0.6) is 11.5 Å². The lowest BCUT2D eigenvalue weighted by molar-refractivity contribution is 0.0942. The Morgan fingerprint density at radius 1 is 1.23 bits per heavy atom. The standard InChI is InChI=1S/C20H28N2O3S/c1-14(2)13-25-17-9-8-15(11-18(17)24-5)20(23)21-12-16(22(3)4)19-7-6-10-26-19/h6-11,14,16H,12-13H2,1-5H3,(H,21,23). The lowest BCUT2D eigenvalue weighted by atomic mass is 10.1. The van der Waals surface area contributed by atoms with Gasteiger partial charge >= 0.3 is 0 Å². The van der Waals surface area contributed by atoms with Gasteiger partial charge in [-0.15, -0.1) is 11.3 Å². The number of amides is 1. The number of methoxy groups -OCH3 is 1. The van der Waals surface area contributed by atoms with Gasteiger partial charge in [0.15, 0.2) is 11.5 Å². The number of hydrogen-bond acceptors (Lipinski definition) is 5. The van der Waals surface area contributed by atoms with Crippen molar-refractivity contribution in [3.63, 3.8) is 0 Å². The summed E-state index contributed by atoms with van der Waals surface area (Å²) in [6, 6.07) is 9.54. The van der Waals surface area contributed by atoms with E-state index in [2.05, 4.69) is 35.5 Å². The second-order valence-corrected chi connectivity index (χ2v) is 7.75. The molecule has 1 unspecified atom stereocenters. The van der Waals surface area contributed by atoms with E-state index in [0.29, 0.717) is 36.1 Å². The Kier molecular flexibility index (Phi) is 7.48. The molecular formula is C20H28N2O3S. The van der Waals surface area contributed by atoms with E-state index in [0.717, 1.165) is 0 Å². The third kappa shape index (κ3) is 5.47. The summed E-state index contributed by atoms with van der Waals surface area (Å²) in [6.45, 7) is 5.32. The van der Waals surface area contributed by atoms with Crippen molar-refractivity contribution < 1.29 is 14.3 Å². The van der Waals surface area contributed by atoms with E-state index in [9.17, 15) is 4.79 Å². The fourth-order valence-corrected chi connectivity index (χ4v) is 3.42. The summed E-state index contributed by atoms with van der Waals surface area (Å²) in [4.78, 5) is 15.9. The largest absolute Gasteiger partial charge is 0.493 e. The number of likely N-dealkylation sites (N-methyl/N-ethyl adjacent to an activating group) is 1. The van der Waals surface area contributed by atoms with Crippen molar-refractivity contribution in [2.24, 2.45) is 5.92 Å². The van der Waals surface area contributed by atoms with Gasteiger partial charge in [0.1, 0.15) is 0 Å². The summed E-state index contributed by atoms with van der Waals surface area (Å²) >= 11 is 1.69. The lowest BCUT2D eigenvalue weighted by Crippen LogP contribution is -2.34. The van der Waals surface area contributed by atoms with Gasteiger partial charge in [0.2, 0.25) is 0 Å². The van der Waals surface area contributed by atoms with Crippen molar-refractivity contribution in [1.82, 2.24) is 10.2 Å². The molecule has 0 saturated heterocycles. The SMILES string of the molecule is COc1cc(C(=O)NCC(c2cccs2)N(C)C)ccc1OCC(C)C. The van der Waals surface area contributed by atoms with E-state index in [4.69, 9.17) is 9.47 Å². The smallest absolute Gasteiger partial charge is 0.251 e. The normalized spacial score (nSPS) is 12.3. The average molecular weight is 377 g/mol. The minimum atomic E-state index is -0.123. The molecule has 0 radical (unpaired) electrons. The summed E-state index contributed by atoms with van der Waals surface area (Å²) in [5.74, 6) is 1.52. The third-order valence-corrected chi connectivity index (χ3v) is 4.92. The molecule has 0 saturated carbocycles. The first kappa shape index (κ1) is 20.3. The fraction of sp³-hybridized carbons (Fsp3) is 0.450. The zero-order chi connectivity index (χ0) is 19.1. The average Bonchev–Trinajstić information content (AvgIpc) is 3.13. The zero-order valence-electron chi connectivity index (χ0n) is 16.1. The molecule has 0 aliphatic heterocycles.